The molecular weight excluding hydrogens is 645 g/mol. The van der Waals surface area contributed by atoms with Crippen molar-refractivity contribution in [1.29, 1.82) is 0 Å². The lowest BCUT2D eigenvalue weighted by Gasteiger charge is -2.11. The Balaban J connectivity index is 1.05. The molecule has 0 bridgehead atoms. The van der Waals surface area contributed by atoms with E-state index in [1.165, 1.54) is 70.9 Å². The van der Waals surface area contributed by atoms with E-state index < -0.39 is 0 Å². The lowest BCUT2D eigenvalue weighted by Crippen LogP contribution is -1.94. The monoisotopic (exact) mass is 674 g/mol. The number of nitrogens with zero attached hydrogens (tertiary/aromatic N) is 2. The molecule has 3 nitrogen and oxygen atoms in total. The molecule has 246 valence electrons. The molecule has 3 heterocycles. The van der Waals surface area contributed by atoms with E-state index in [0.29, 0.717) is 0 Å². The molecule has 0 spiro atoms. The largest absolute Gasteiger partial charge is 0.454 e. The summed E-state index contributed by atoms with van der Waals surface area (Å²) in [6.45, 7) is 0. The van der Waals surface area contributed by atoms with Gasteiger partial charge in [-0.05, 0) is 93.3 Å². The summed E-state index contributed by atoms with van der Waals surface area (Å²) in [4.78, 5) is 0. The minimum Gasteiger partial charge on any atom is -0.454 e. The number of benzene rings is 9. The van der Waals surface area contributed by atoms with Crippen molar-refractivity contribution >= 4 is 87.1 Å². The molecular formula is C50H30N2O. The zero-order chi connectivity index (χ0) is 34.6. The maximum Gasteiger partial charge on any atom is 0.159 e. The Morgan fingerprint density at radius 3 is 1.62 bits per heavy atom. The van der Waals surface area contributed by atoms with Gasteiger partial charge in [0.05, 0.1) is 27.8 Å². The summed E-state index contributed by atoms with van der Waals surface area (Å²) in [6.07, 6.45) is 0. The average molecular weight is 675 g/mol. The van der Waals surface area contributed by atoms with Crippen LogP contribution in [0, 0.1) is 0 Å². The molecule has 9 aromatic carbocycles. The van der Waals surface area contributed by atoms with Crippen molar-refractivity contribution < 1.29 is 4.42 Å². The van der Waals surface area contributed by atoms with E-state index in [9.17, 15) is 0 Å². The van der Waals surface area contributed by atoms with Gasteiger partial charge in [0.25, 0.3) is 0 Å². The number of hydrogen-bond acceptors (Lipinski definition) is 1. The van der Waals surface area contributed by atoms with Gasteiger partial charge in [-0.3, -0.25) is 0 Å². The van der Waals surface area contributed by atoms with Crippen LogP contribution in [0.25, 0.3) is 110 Å². The molecule has 0 radical (unpaired) electrons. The van der Waals surface area contributed by atoms with E-state index >= 15 is 0 Å². The fourth-order valence-corrected chi connectivity index (χ4v) is 8.88. The minimum atomic E-state index is 0.905. The summed E-state index contributed by atoms with van der Waals surface area (Å²) < 4.78 is 11.3. The smallest absolute Gasteiger partial charge is 0.159 e. The molecule has 0 aliphatic heterocycles. The van der Waals surface area contributed by atoms with Crippen LogP contribution in [-0.4, -0.2) is 9.13 Å². The Hall–Kier alpha value is -7.10. The quantitative estimate of drug-likeness (QED) is 0.171. The van der Waals surface area contributed by atoms with Gasteiger partial charge in [-0.25, -0.2) is 0 Å². The van der Waals surface area contributed by atoms with Gasteiger partial charge >= 0.3 is 0 Å². The maximum absolute atomic E-state index is 6.53. The van der Waals surface area contributed by atoms with Crippen molar-refractivity contribution in [1.82, 2.24) is 9.13 Å². The Morgan fingerprint density at radius 1 is 0.321 bits per heavy atom. The first-order valence-electron chi connectivity index (χ1n) is 18.2. The predicted octanol–water partition coefficient (Wildman–Crippen LogP) is 13.8. The van der Waals surface area contributed by atoms with Crippen LogP contribution in [0.3, 0.4) is 0 Å². The van der Waals surface area contributed by atoms with Crippen molar-refractivity contribution in [2.24, 2.45) is 0 Å². The van der Waals surface area contributed by atoms with E-state index in [1.54, 1.807) is 0 Å². The lowest BCUT2D eigenvalue weighted by molar-refractivity contribution is 0.666. The Kier molecular flexibility index (Phi) is 5.77. The summed E-state index contributed by atoms with van der Waals surface area (Å²) in [7, 11) is 0. The first-order valence-corrected chi connectivity index (χ1v) is 18.2. The molecule has 3 aromatic heterocycles. The fourth-order valence-electron chi connectivity index (χ4n) is 8.88. The standard InChI is InChI=1S/C50H30N2O/c1-2-11-36-31(10-1)20-21-32-22-25-35(30-41(32)36)51-44-16-6-3-12-37(44)42-28-33(23-26-46(42)51)34-24-27-47-43(29-34)38-13-4-7-17-45(38)52(47)48-18-9-15-40-39-14-5-8-19-49(39)53-50(40)48/h1-30H. The first kappa shape index (κ1) is 28.6. The second-order valence-electron chi connectivity index (χ2n) is 14.1. The number of rotatable bonds is 3. The van der Waals surface area contributed by atoms with Gasteiger partial charge in [0.15, 0.2) is 5.58 Å². The van der Waals surface area contributed by atoms with Crippen LogP contribution in [0.2, 0.25) is 0 Å². The average Bonchev–Trinajstić information content (AvgIpc) is 3.88. The highest BCUT2D eigenvalue weighted by Crippen LogP contribution is 2.41. The third kappa shape index (κ3) is 4.05. The predicted molar refractivity (Wildman–Crippen MR) is 223 cm³/mol. The molecule has 0 unspecified atom stereocenters. The zero-order valence-electron chi connectivity index (χ0n) is 28.6. The fraction of sp³-hybridized carbons (Fsp3) is 0. The van der Waals surface area contributed by atoms with Crippen molar-refractivity contribution in [2.75, 3.05) is 0 Å². The van der Waals surface area contributed by atoms with Gasteiger partial charge in [-0.15, -0.1) is 0 Å². The molecule has 53 heavy (non-hydrogen) atoms. The van der Waals surface area contributed by atoms with Crippen LogP contribution in [0.15, 0.2) is 186 Å². The molecule has 0 amide bonds. The van der Waals surface area contributed by atoms with Crippen molar-refractivity contribution in [3.05, 3.63) is 182 Å². The third-order valence-electron chi connectivity index (χ3n) is 11.3. The van der Waals surface area contributed by atoms with Crippen LogP contribution in [0.5, 0.6) is 0 Å². The number of fused-ring (bicyclic) bond motifs is 12. The SMILES string of the molecule is c1ccc2c(c1)ccc1ccc(-n3c4ccccc4c4cc(-c5ccc6c(c5)c5ccccc5n6-c5cccc6c5oc5ccccc56)ccc43)cc12. The molecule has 12 rings (SSSR count). The second-order valence-corrected chi connectivity index (χ2v) is 14.1. The number of hydrogen-bond donors (Lipinski definition) is 0. The van der Waals surface area contributed by atoms with Gasteiger partial charge in [0.2, 0.25) is 0 Å². The van der Waals surface area contributed by atoms with Gasteiger partial charge in [0, 0.05) is 38.0 Å². The van der Waals surface area contributed by atoms with Crippen LogP contribution < -0.4 is 0 Å². The topological polar surface area (TPSA) is 23.0 Å². The third-order valence-corrected chi connectivity index (χ3v) is 11.3. The molecule has 0 aliphatic rings. The number of para-hydroxylation sites is 4. The van der Waals surface area contributed by atoms with Crippen LogP contribution in [-0.2, 0) is 0 Å². The maximum atomic E-state index is 6.53. The van der Waals surface area contributed by atoms with Crippen LogP contribution in [0.4, 0.5) is 0 Å². The number of aromatic nitrogens is 2. The Bertz CT molecular complexity index is 3470. The Morgan fingerprint density at radius 2 is 0.868 bits per heavy atom. The van der Waals surface area contributed by atoms with Crippen molar-refractivity contribution in [3.63, 3.8) is 0 Å². The molecule has 0 fully saturated rings. The van der Waals surface area contributed by atoms with E-state index in [-0.39, 0.29) is 0 Å². The molecule has 0 atom stereocenters. The highest BCUT2D eigenvalue weighted by molar-refractivity contribution is 6.15. The normalized spacial score (nSPS) is 12.2. The molecule has 0 saturated carbocycles. The first-order chi connectivity index (χ1) is 26.3. The molecule has 0 N–H and O–H groups in total. The van der Waals surface area contributed by atoms with Crippen LogP contribution >= 0.6 is 0 Å². The Labute approximate surface area is 304 Å². The van der Waals surface area contributed by atoms with Crippen LogP contribution in [0.1, 0.15) is 0 Å². The lowest BCUT2D eigenvalue weighted by atomic mass is 10.0. The molecule has 3 heteroatoms. The summed E-state index contributed by atoms with van der Waals surface area (Å²) in [5.74, 6) is 0. The summed E-state index contributed by atoms with van der Waals surface area (Å²) in [6, 6.07) is 66.1. The minimum absolute atomic E-state index is 0.905. The molecule has 12 aromatic rings. The van der Waals surface area contributed by atoms with Gasteiger partial charge in [0.1, 0.15) is 5.58 Å². The molecule has 0 saturated heterocycles. The van der Waals surface area contributed by atoms with Gasteiger partial charge < -0.3 is 13.6 Å². The zero-order valence-corrected chi connectivity index (χ0v) is 28.6. The highest BCUT2D eigenvalue weighted by Gasteiger charge is 2.19. The van der Waals surface area contributed by atoms with E-state index in [2.05, 4.69) is 185 Å². The second kappa shape index (κ2) is 10.7. The van der Waals surface area contributed by atoms with E-state index in [1.807, 2.05) is 6.07 Å². The number of furan rings is 1. The van der Waals surface area contributed by atoms with E-state index in [0.717, 1.165) is 38.7 Å². The van der Waals surface area contributed by atoms with Gasteiger partial charge in [-0.2, -0.15) is 0 Å². The highest BCUT2D eigenvalue weighted by atomic mass is 16.3. The summed E-state index contributed by atoms with van der Waals surface area (Å²) in [5, 5.41) is 12.3. The summed E-state index contributed by atoms with van der Waals surface area (Å²) >= 11 is 0. The molecule has 0 aliphatic carbocycles. The van der Waals surface area contributed by atoms with Gasteiger partial charge in [-0.1, -0.05) is 121 Å². The summed E-state index contributed by atoms with van der Waals surface area (Å²) in [5.41, 5.74) is 11.1. The van der Waals surface area contributed by atoms with E-state index in [4.69, 9.17) is 4.42 Å². The van der Waals surface area contributed by atoms with Crippen molar-refractivity contribution in [2.45, 2.75) is 0 Å². The van der Waals surface area contributed by atoms with Crippen molar-refractivity contribution in [3.8, 4) is 22.5 Å².